The van der Waals surface area contributed by atoms with Crippen LogP contribution in [0, 0.1) is 5.82 Å². The van der Waals surface area contributed by atoms with Crippen molar-refractivity contribution in [3.63, 3.8) is 0 Å². The third kappa shape index (κ3) is 5.28. The number of amides is 2. The van der Waals surface area contributed by atoms with Gasteiger partial charge in [-0.15, -0.1) is 0 Å². The molecule has 2 heterocycles. The van der Waals surface area contributed by atoms with Crippen molar-refractivity contribution in [2.75, 3.05) is 51.7 Å². The number of benzene rings is 2. The number of piperazine rings is 1. The second-order valence-electron chi connectivity index (χ2n) is 8.51. The van der Waals surface area contributed by atoms with Gasteiger partial charge in [-0.25, -0.2) is 4.39 Å². The zero-order chi connectivity index (χ0) is 24.1. The van der Waals surface area contributed by atoms with Crippen LogP contribution in [0.15, 0.2) is 71.3 Å². The number of furan rings is 1. The first-order valence-corrected chi connectivity index (χ1v) is 11.3. The molecule has 0 spiro atoms. The second kappa shape index (κ2) is 10.5. The van der Waals surface area contributed by atoms with Gasteiger partial charge in [0, 0.05) is 38.4 Å². The minimum Gasteiger partial charge on any atom is -0.468 e. The summed E-state index contributed by atoms with van der Waals surface area (Å²) in [4.78, 5) is 32.2. The molecule has 0 aliphatic carbocycles. The minimum atomic E-state index is -0.299. The quantitative estimate of drug-likeness (QED) is 0.580. The molecule has 7 nitrogen and oxygen atoms in total. The van der Waals surface area contributed by atoms with Crippen LogP contribution in [0.3, 0.4) is 0 Å². The van der Waals surface area contributed by atoms with E-state index in [4.69, 9.17) is 4.42 Å². The van der Waals surface area contributed by atoms with Crippen molar-refractivity contribution in [3.8, 4) is 0 Å². The molecule has 2 aromatic carbocycles. The van der Waals surface area contributed by atoms with Crippen LogP contribution in [0.5, 0.6) is 0 Å². The van der Waals surface area contributed by atoms with E-state index in [0.717, 1.165) is 11.4 Å². The van der Waals surface area contributed by atoms with Gasteiger partial charge in [-0.2, -0.15) is 0 Å². The maximum Gasteiger partial charge on any atom is 0.254 e. The molecule has 0 bridgehead atoms. The Morgan fingerprint density at radius 3 is 2.26 bits per heavy atom. The van der Waals surface area contributed by atoms with E-state index in [1.54, 1.807) is 47.6 Å². The van der Waals surface area contributed by atoms with Crippen molar-refractivity contribution in [2.45, 2.75) is 6.04 Å². The molecule has 1 aliphatic rings. The standard InChI is InChI=1S/C26H29FN4O3/c1-29(2)23(24-8-5-17-34-24)18-28-25(32)21-6-3-4-7-22(21)26(33)31-15-13-30(14-16-31)20-11-9-19(27)10-12-20/h3-12,17,23H,13-16,18H2,1-2H3,(H,28,32). The van der Waals surface area contributed by atoms with Gasteiger partial charge in [-0.05, 0) is 62.6 Å². The fraction of sp³-hybridized carbons (Fsp3) is 0.308. The topological polar surface area (TPSA) is 69.0 Å². The van der Waals surface area contributed by atoms with Crippen molar-refractivity contribution in [1.29, 1.82) is 0 Å². The zero-order valence-corrected chi connectivity index (χ0v) is 19.4. The highest BCUT2D eigenvalue weighted by atomic mass is 19.1. The molecule has 0 radical (unpaired) electrons. The lowest BCUT2D eigenvalue weighted by Crippen LogP contribution is -2.49. The number of hydrogen-bond acceptors (Lipinski definition) is 5. The van der Waals surface area contributed by atoms with Crippen LogP contribution in [-0.4, -0.2) is 68.4 Å². The van der Waals surface area contributed by atoms with E-state index in [0.29, 0.717) is 43.9 Å². The van der Waals surface area contributed by atoms with E-state index in [-0.39, 0.29) is 23.7 Å². The van der Waals surface area contributed by atoms with Crippen LogP contribution in [0.2, 0.25) is 0 Å². The van der Waals surface area contributed by atoms with Gasteiger partial charge in [-0.3, -0.25) is 14.5 Å². The van der Waals surface area contributed by atoms with E-state index < -0.39 is 0 Å². The van der Waals surface area contributed by atoms with Crippen LogP contribution in [0.4, 0.5) is 10.1 Å². The highest BCUT2D eigenvalue weighted by Crippen LogP contribution is 2.20. The summed E-state index contributed by atoms with van der Waals surface area (Å²) in [7, 11) is 3.84. The highest BCUT2D eigenvalue weighted by molar-refractivity contribution is 6.07. The molecule has 1 N–H and O–H groups in total. The lowest BCUT2D eigenvalue weighted by Gasteiger charge is -2.36. The molecule has 178 valence electrons. The van der Waals surface area contributed by atoms with E-state index in [1.165, 1.54) is 12.1 Å². The van der Waals surface area contributed by atoms with Crippen LogP contribution in [0.1, 0.15) is 32.5 Å². The second-order valence-corrected chi connectivity index (χ2v) is 8.51. The Bertz CT molecular complexity index is 1110. The van der Waals surface area contributed by atoms with Gasteiger partial charge in [0.05, 0.1) is 23.4 Å². The van der Waals surface area contributed by atoms with Crippen molar-refractivity contribution in [3.05, 3.63) is 89.6 Å². The smallest absolute Gasteiger partial charge is 0.254 e. The molecule has 0 saturated carbocycles. The largest absolute Gasteiger partial charge is 0.468 e. The molecule has 1 aromatic heterocycles. The molecule has 34 heavy (non-hydrogen) atoms. The first-order chi connectivity index (χ1) is 16.4. The van der Waals surface area contributed by atoms with E-state index in [2.05, 4.69) is 10.2 Å². The molecule has 2 amide bonds. The lowest BCUT2D eigenvalue weighted by molar-refractivity contribution is 0.0740. The Kier molecular flexibility index (Phi) is 7.27. The molecule has 8 heteroatoms. The van der Waals surface area contributed by atoms with Crippen molar-refractivity contribution in [2.24, 2.45) is 0 Å². The molecule has 1 unspecified atom stereocenters. The Morgan fingerprint density at radius 1 is 0.971 bits per heavy atom. The minimum absolute atomic E-state index is 0.124. The normalized spacial score (nSPS) is 14.8. The summed E-state index contributed by atoms with van der Waals surface area (Å²) in [5.74, 6) is 0.0224. The predicted molar refractivity (Wildman–Crippen MR) is 128 cm³/mol. The number of halogens is 1. The third-order valence-electron chi connectivity index (χ3n) is 6.11. The van der Waals surface area contributed by atoms with E-state index >= 15 is 0 Å². The molecule has 4 rings (SSSR count). The van der Waals surface area contributed by atoms with Crippen LogP contribution in [-0.2, 0) is 0 Å². The third-order valence-corrected chi connectivity index (χ3v) is 6.11. The number of hydrogen-bond donors (Lipinski definition) is 1. The maximum absolute atomic E-state index is 13.3. The SMILES string of the molecule is CN(C)C(CNC(=O)c1ccccc1C(=O)N1CCN(c2ccc(F)cc2)CC1)c1ccco1. The number of carbonyl (C=O) groups excluding carboxylic acids is 2. The first kappa shape index (κ1) is 23.5. The summed E-state index contributed by atoms with van der Waals surface area (Å²) in [6.07, 6.45) is 1.61. The summed E-state index contributed by atoms with van der Waals surface area (Å²) < 4.78 is 18.7. The Morgan fingerprint density at radius 2 is 1.65 bits per heavy atom. The summed E-state index contributed by atoms with van der Waals surface area (Å²) in [6.45, 7) is 2.66. The molecule has 1 atom stereocenters. The maximum atomic E-state index is 13.3. The number of nitrogens with one attached hydrogen (secondary N) is 1. The van der Waals surface area contributed by atoms with Crippen molar-refractivity contribution in [1.82, 2.24) is 15.1 Å². The summed E-state index contributed by atoms with van der Waals surface area (Å²) >= 11 is 0. The molecule has 1 fully saturated rings. The first-order valence-electron chi connectivity index (χ1n) is 11.3. The molecule has 1 aliphatic heterocycles. The molecular formula is C26H29FN4O3. The number of carbonyl (C=O) groups is 2. The number of likely N-dealkylation sites (N-methyl/N-ethyl adjacent to an activating group) is 1. The average molecular weight is 465 g/mol. The van der Waals surface area contributed by atoms with E-state index in [1.807, 2.05) is 31.1 Å². The highest BCUT2D eigenvalue weighted by Gasteiger charge is 2.26. The molecule has 3 aromatic rings. The van der Waals surface area contributed by atoms with Crippen molar-refractivity contribution < 1.29 is 18.4 Å². The fourth-order valence-electron chi connectivity index (χ4n) is 4.16. The lowest BCUT2D eigenvalue weighted by atomic mass is 10.0. The number of nitrogens with zero attached hydrogens (tertiary/aromatic N) is 3. The van der Waals surface area contributed by atoms with Gasteiger partial charge < -0.3 is 19.5 Å². The monoisotopic (exact) mass is 464 g/mol. The molecule has 1 saturated heterocycles. The summed E-state index contributed by atoms with van der Waals surface area (Å²) in [5, 5.41) is 2.95. The number of rotatable bonds is 7. The Labute approximate surface area is 198 Å². The van der Waals surface area contributed by atoms with Gasteiger partial charge in [0.2, 0.25) is 0 Å². The predicted octanol–water partition coefficient (Wildman–Crippen LogP) is 3.41. The van der Waals surface area contributed by atoms with Gasteiger partial charge in [-0.1, -0.05) is 12.1 Å². The van der Waals surface area contributed by atoms with Gasteiger partial charge in [0.15, 0.2) is 0 Å². The Balaban J connectivity index is 1.41. The number of anilines is 1. The Hall–Kier alpha value is -3.65. The van der Waals surface area contributed by atoms with Gasteiger partial charge in [0.25, 0.3) is 11.8 Å². The van der Waals surface area contributed by atoms with Crippen LogP contribution < -0.4 is 10.2 Å². The molecular weight excluding hydrogens is 435 g/mol. The van der Waals surface area contributed by atoms with Crippen LogP contribution >= 0.6 is 0 Å². The van der Waals surface area contributed by atoms with Gasteiger partial charge in [0.1, 0.15) is 11.6 Å². The summed E-state index contributed by atoms with van der Waals surface area (Å²) in [5.41, 5.74) is 1.67. The van der Waals surface area contributed by atoms with E-state index in [9.17, 15) is 14.0 Å². The average Bonchev–Trinajstić information content (AvgIpc) is 3.38. The summed E-state index contributed by atoms with van der Waals surface area (Å²) in [6, 6.07) is 16.8. The zero-order valence-electron chi connectivity index (χ0n) is 19.4. The van der Waals surface area contributed by atoms with Crippen LogP contribution in [0.25, 0.3) is 0 Å². The fourth-order valence-corrected chi connectivity index (χ4v) is 4.16. The van der Waals surface area contributed by atoms with Gasteiger partial charge >= 0.3 is 0 Å². The van der Waals surface area contributed by atoms with Crippen molar-refractivity contribution >= 4 is 17.5 Å².